The molecule has 1 aromatic carbocycles. The van der Waals surface area contributed by atoms with Crippen LogP contribution in [0.3, 0.4) is 0 Å². The summed E-state index contributed by atoms with van der Waals surface area (Å²) in [4.78, 5) is 9.53. The average molecular weight is 447 g/mol. The Hall–Kier alpha value is -3.16. The number of methoxy groups -OCH3 is 1. The fraction of sp³-hybridized carbons (Fsp3) is 0.385. The number of pyridine rings is 2. The molecule has 1 aliphatic rings. The molecule has 1 saturated heterocycles. The summed E-state index contributed by atoms with van der Waals surface area (Å²) < 4.78 is 19.0. The number of hydrogen-bond donors (Lipinski definition) is 1. The van der Waals surface area contributed by atoms with E-state index in [4.69, 9.17) is 19.2 Å². The van der Waals surface area contributed by atoms with Crippen molar-refractivity contribution in [2.75, 3.05) is 33.5 Å². The minimum atomic E-state index is 0.506. The number of benzene rings is 1. The number of ether oxygens (including phenoxy) is 3. The zero-order valence-electron chi connectivity index (χ0n) is 19.0. The molecule has 0 saturated carbocycles. The van der Waals surface area contributed by atoms with Gasteiger partial charge >= 0.3 is 0 Å². The summed E-state index contributed by atoms with van der Waals surface area (Å²) >= 11 is 0. The maximum atomic E-state index is 6.19. The predicted molar refractivity (Wildman–Crippen MR) is 129 cm³/mol. The molecule has 3 aromatic heterocycles. The van der Waals surface area contributed by atoms with Crippen molar-refractivity contribution in [3.8, 4) is 22.9 Å². The predicted octanol–water partition coefficient (Wildman–Crippen LogP) is 4.49. The van der Waals surface area contributed by atoms with Gasteiger partial charge in [0.2, 0.25) is 0 Å². The Morgan fingerprint density at radius 3 is 2.91 bits per heavy atom. The lowest BCUT2D eigenvalue weighted by atomic mass is 10.0. The number of piperidine rings is 1. The van der Waals surface area contributed by atoms with Crippen molar-refractivity contribution in [2.24, 2.45) is 0 Å². The van der Waals surface area contributed by atoms with Gasteiger partial charge in [0.15, 0.2) is 0 Å². The molecule has 4 heterocycles. The Bertz CT molecular complexity index is 1220. The second kappa shape index (κ2) is 10.2. The number of aromatic nitrogens is 3. The van der Waals surface area contributed by atoms with Gasteiger partial charge in [0.1, 0.15) is 29.3 Å². The fourth-order valence-electron chi connectivity index (χ4n) is 4.34. The van der Waals surface area contributed by atoms with Gasteiger partial charge in [-0.1, -0.05) is 24.6 Å². The van der Waals surface area contributed by atoms with Gasteiger partial charge in [-0.15, -0.1) is 0 Å². The van der Waals surface area contributed by atoms with Crippen molar-refractivity contribution in [1.82, 2.24) is 19.7 Å². The summed E-state index contributed by atoms with van der Waals surface area (Å²) in [6.45, 7) is 2.85. The van der Waals surface area contributed by atoms with E-state index in [1.165, 1.54) is 19.3 Å². The molecule has 0 spiro atoms. The van der Waals surface area contributed by atoms with E-state index in [9.17, 15) is 0 Å². The minimum absolute atomic E-state index is 0.506. The highest BCUT2D eigenvalue weighted by Gasteiger charge is 2.14. The van der Waals surface area contributed by atoms with Crippen molar-refractivity contribution in [1.29, 1.82) is 0 Å². The first-order chi connectivity index (χ1) is 16.3. The lowest BCUT2D eigenvalue weighted by molar-refractivity contribution is 0.146. The van der Waals surface area contributed by atoms with Crippen LogP contribution in [0.4, 0.5) is 0 Å². The number of rotatable bonds is 9. The molecule has 1 aliphatic heterocycles. The molecule has 1 N–H and O–H groups in total. The molecule has 0 bridgehead atoms. The van der Waals surface area contributed by atoms with Crippen molar-refractivity contribution >= 4 is 16.6 Å². The summed E-state index contributed by atoms with van der Waals surface area (Å²) in [5.41, 5.74) is 3.47. The van der Waals surface area contributed by atoms with Crippen molar-refractivity contribution in [3.63, 3.8) is 0 Å². The third-order valence-corrected chi connectivity index (χ3v) is 6.12. The summed E-state index contributed by atoms with van der Waals surface area (Å²) in [5, 5.41) is 4.65. The van der Waals surface area contributed by atoms with Crippen LogP contribution in [0, 0.1) is 0 Å². The molecule has 172 valence electrons. The molecule has 7 heteroatoms. The molecule has 1 fully saturated rings. The standard InChI is InChI=1S/C26H30N4O3/c1-31-15-16-32-21-10-13-30-23(18-28-25(30)17-21)22-9-8-19-5-4-7-24(26(19)29-22)33-14-11-20-6-2-3-12-27-20/h4-5,7-10,13,17-18,20,27H,2-3,6,11-12,14-16H2,1H3. The third-order valence-electron chi connectivity index (χ3n) is 6.12. The van der Waals surface area contributed by atoms with Gasteiger partial charge in [-0.25, -0.2) is 9.97 Å². The van der Waals surface area contributed by atoms with Crippen LogP contribution in [0.1, 0.15) is 25.7 Å². The SMILES string of the molecule is COCCOc1ccn2c(-c3ccc4cccc(OCCC5CCCCN5)c4n3)cnc2c1. The Morgan fingerprint density at radius 2 is 2.03 bits per heavy atom. The molecule has 5 rings (SSSR count). The topological polar surface area (TPSA) is 69.9 Å². The molecule has 0 aliphatic carbocycles. The van der Waals surface area contributed by atoms with Crippen molar-refractivity contribution in [2.45, 2.75) is 31.7 Å². The number of fused-ring (bicyclic) bond motifs is 2. The van der Waals surface area contributed by atoms with Crippen LogP contribution in [-0.2, 0) is 4.74 Å². The Morgan fingerprint density at radius 1 is 1.06 bits per heavy atom. The number of para-hydroxylation sites is 1. The summed E-state index contributed by atoms with van der Waals surface area (Å²) in [5.74, 6) is 1.60. The molecular formula is C26H30N4O3. The molecule has 0 amide bonds. The number of imidazole rings is 1. The summed E-state index contributed by atoms with van der Waals surface area (Å²) in [6.07, 6.45) is 8.63. The molecule has 4 aromatic rings. The van der Waals surface area contributed by atoms with E-state index in [2.05, 4.69) is 22.4 Å². The highest BCUT2D eigenvalue weighted by Crippen LogP contribution is 2.29. The van der Waals surface area contributed by atoms with Gasteiger partial charge in [-0.2, -0.15) is 0 Å². The summed E-state index contributed by atoms with van der Waals surface area (Å²) in [7, 11) is 1.66. The number of hydrogen-bond acceptors (Lipinski definition) is 6. The summed E-state index contributed by atoms with van der Waals surface area (Å²) in [6, 6.07) is 14.6. The van der Waals surface area contributed by atoms with E-state index >= 15 is 0 Å². The van der Waals surface area contributed by atoms with Crippen LogP contribution in [-0.4, -0.2) is 53.9 Å². The molecule has 7 nitrogen and oxygen atoms in total. The van der Waals surface area contributed by atoms with Crippen LogP contribution < -0.4 is 14.8 Å². The average Bonchev–Trinajstić information content (AvgIpc) is 3.28. The largest absolute Gasteiger partial charge is 0.491 e. The van der Waals surface area contributed by atoms with Gasteiger partial charge in [-0.05, 0) is 44.0 Å². The van der Waals surface area contributed by atoms with Gasteiger partial charge in [0, 0.05) is 30.8 Å². The van der Waals surface area contributed by atoms with E-state index in [1.54, 1.807) is 7.11 Å². The van der Waals surface area contributed by atoms with Crippen LogP contribution in [0.5, 0.6) is 11.5 Å². The normalized spacial score (nSPS) is 16.3. The quantitative estimate of drug-likeness (QED) is 0.382. The van der Waals surface area contributed by atoms with Gasteiger partial charge in [-0.3, -0.25) is 4.40 Å². The third kappa shape index (κ3) is 4.94. The van der Waals surface area contributed by atoms with Gasteiger partial charge < -0.3 is 19.5 Å². The lowest BCUT2D eigenvalue weighted by Gasteiger charge is -2.23. The fourth-order valence-corrected chi connectivity index (χ4v) is 4.34. The zero-order valence-corrected chi connectivity index (χ0v) is 19.0. The molecular weight excluding hydrogens is 416 g/mol. The highest BCUT2D eigenvalue weighted by molar-refractivity contribution is 5.86. The van der Waals surface area contributed by atoms with Gasteiger partial charge in [0.05, 0.1) is 30.8 Å². The first-order valence-corrected chi connectivity index (χ1v) is 11.7. The second-order valence-electron chi connectivity index (χ2n) is 8.38. The maximum absolute atomic E-state index is 6.19. The van der Waals surface area contributed by atoms with Crippen LogP contribution in [0.2, 0.25) is 0 Å². The number of nitrogens with one attached hydrogen (secondary N) is 1. The van der Waals surface area contributed by atoms with Crippen LogP contribution >= 0.6 is 0 Å². The monoisotopic (exact) mass is 446 g/mol. The molecule has 1 atom stereocenters. The maximum Gasteiger partial charge on any atom is 0.145 e. The Labute approximate surface area is 193 Å². The lowest BCUT2D eigenvalue weighted by Crippen LogP contribution is -2.35. The Kier molecular flexibility index (Phi) is 6.69. The first-order valence-electron chi connectivity index (χ1n) is 11.7. The van der Waals surface area contributed by atoms with Crippen LogP contribution in [0.15, 0.2) is 54.9 Å². The van der Waals surface area contributed by atoms with Crippen molar-refractivity contribution in [3.05, 3.63) is 54.9 Å². The van der Waals surface area contributed by atoms with E-state index in [0.717, 1.165) is 52.4 Å². The molecule has 0 radical (unpaired) electrons. The minimum Gasteiger partial charge on any atom is -0.491 e. The zero-order chi connectivity index (χ0) is 22.5. The van der Waals surface area contributed by atoms with E-state index in [-0.39, 0.29) is 0 Å². The molecule has 33 heavy (non-hydrogen) atoms. The van der Waals surface area contributed by atoms with E-state index in [0.29, 0.717) is 25.9 Å². The second-order valence-corrected chi connectivity index (χ2v) is 8.38. The van der Waals surface area contributed by atoms with Crippen LogP contribution in [0.25, 0.3) is 27.9 Å². The van der Waals surface area contributed by atoms with E-state index < -0.39 is 0 Å². The van der Waals surface area contributed by atoms with Gasteiger partial charge in [0.25, 0.3) is 0 Å². The number of nitrogens with zero attached hydrogens (tertiary/aromatic N) is 3. The Balaban J connectivity index is 1.37. The smallest absolute Gasteiger partial charge is 0.145 e. The van der Waals surface area contributed by atoms with Crippen molar-refractivity contribution < 1.29 is 14.2 Å². The molecule has 1 unspecified atom stereocenters. The van der Waals surface area contributed by atoms with E-state index in [1.807, 2.05) is 47.1 Å². The first kappa shape index (κ1) is 21.7. The highest BCUT2D eigenvalue weighted by atomic mass is 16.5.